The zero-order chi connectivity index (χ0) is 23.7. The van der Waals surface area contributed by atoms with E-state index in [4.69, 9.17) is 5.73 Å². The van der Waals surface area contributed by atoms with E-state index in [0.29, 0.717) is 17.3 Å². The number of carbonyl (C=O) groups is 2. The number of hydrogen-bond acceptors (Lipinski definition) is 6. The smallest absolute Gasteiger partial charge is 0.250 e. The SMILES string of the molecule is CC(=O)N1CCN(c2cccc(Nc3nccc(-n4cc(C(N)=O)c5ccccc54)n3)c2)CC1. The largest absolute Gasteiger partial charge is 0.368 e. The predicted octanol–water partition coefficient (Wildman–Crippen LogP) is 2.93. The number of amides is 2. The van der Waals surface area contributed by atoms with E-state index in [1.165, 1.54) is 0 Å². The Morgan fingerprint density at radius 2 is 1.79 bits per heavy atom. The number of anilines is 3. The average Bonchev–Trinajstić information content (AvgIpc) is 3.25. The quantitative estimate of drug-likeness (QED) is 0.479. The molecule has 2 amide bonds. The van der Waals surface area contributed by atoms with Crippen molar-refractivity contribution in [1.82, 2.24) is 19.4 Å². The first kappa shape index (κ1) is 21.4. The lowest BCUT2D eigenvalue weighted by Crippen LogP contribution is -2.48. The molecule has 4 aromatic rings. The van der Waals surface area contributed by atoms with Gasteiger partial charge in [0.05, 0.1) is 11.1 Å². The summed E-state index contributed by atoms with van der Waals surface area (Å²) in [5.74, 6) is 0.695. The van der Waals surface area contributed by atoms with Crippen LogP contribution in [0.3, 0.4) is 0 Å². The monoisotopic (exact) mass is 455 g/mol. The van der Waals surface area contributed by atoms with Crippen LogP contribution in [0.15, 0.2) is 67.0 Å². The Kier molecular flexibility index (Phi) is 5.59. The minimum absolute atomic E-state index is 0.116. The van der Waals surface area contributed by atoms with Crippen molar-refractivity contribution in [2.75, 3.05) is 36.4 Å². The molecule has 3 heterocycles. The van der Waals surface area contributed by atoms with E-state index in [-0.39, 0.29) is 5.91 Å². The highest BCUT2D eigenvalue weighted by Crippen LogP contribution is 2.26. The van der Waals surface area contributed by atoms with E-state index in [2.05, 4.69) is 32.3 Å². The van der Waals surface area contributed by atoms with Gasteiger partial charge in [0.2, 0.25) is 11.9 Å². The zero-order valence-electron chi connectivity index (χ0n) is 18.8. The molecular formula is C25H25N7O2. The number of fused-ring (bicyclic) bond motifs is 1. The van der Waals surface area contributed by atoms with Crippen LogP contribution in [0.1, 0.15) is 17.3 Å². The topological polar surface area (TPSA) is 109 Å². The van der Waals surface area contributed by atoms with E-state index in [9.17, 15) is 9.59 Å². The molecule has 5 rings (SSSR count). The first-order valence-corrected chi connectivity index (χ1v) is 11.1. The van der Waals surface area contributed by atoms with Gasteiger partial charge < -0.3 is 25.4 Å². The molecule has 2 aromatic carbocycles. The first-order chi connectivity index (χ1) is 16.5. The third kappa shape index (κ3) is 4.15. The summed E-state index contributed by atoms with van der Waals surface area (Å²) >= 11 is 0. The molecule has 1 saturated heterocycles. The lowest BCUT2D eigenvalue weighted by atomic mass is 10.2. The van der Waals surface area contributed by atoms with Gasteiger partial charge in [0.25, 0.3) is 5.91 Å². The number of rotatable bonds is 5. The maximum absolute atomic E-state index is 11.9. The van der Waals surface area contributed by atoms with Gasteiger partial charge in [0.1, 0.15) is 5.82 Å². The van der Waals surface area contributed by atoms with Gasteiger partial charge in [0.15, 0.2) is 0 Å². The maximum Gasteiger partial charge on any atom is 0.250 e. The highest BCUT2D eigenvalue weighted by Gasteiger charge is 2.19. The molecule has 34 heavy (non-hydrogen) atoms. The molecule has 172 valence electrons. The molecule has 0 atom stereocenters. The second-order valence-corrected chi connectivity index (χ2v) is 8.20. The highest BCUT2D eigenvalue weighted by atomic mass is 16.2. The molecular weight excluding hydrogens is 430 g/mol. The average molecular weight is 456 g/mol. The molecule has 1 aliphatic heterocycles. The van der Waals surface area contributed by atoms with Crippen LogP contribution in [0.2, 0.25) is 0 Å². The number of para-hydroxylation sites is 1. The summed E-state index contributed by atoms with van der Waals surface area (Å²) in [7, 11) is 0. The van der Waals surface area contributed by atoms with Crippen LogP contribution in [0.4, 0.5) is 17.3 Å². The lowest BCUT2D eigenvalue weighted by molar-refractivity contribution is -0.129. The Bertz CT molecular complexity index is 1370. The Morgan fingerprint density at radius 1 is 1.00 bits per heavy atom. The highest BCUT2D eigenvalue weighted by molar-refractivity contribution is 6.06. The molecule has 1 aliphatic rings. The van der Waals surface area contributed by atoms with E-state index in [1.807, 2.05) is 45.9 Å². The van der Waals surface area contributed by atoms with E-state index < -0.39 is 5.91 Å². The number of aromatic nitrogens is 3. The van der Waals surface area contributed by atoms with E-state index in [1.54, 1.807) is 25.4 Å². The number of benzene rings is 2. The van der Waals surface area contributed by atoms with Gasteiger partial charge in [-0.1, -0.05) is 24.3 Å². The van der Waals surface area contributed by atoms with Gasteiger partial charge in [-0.15, -0.1) is 0 Å². The summed E-state index contributed by atoms with van der Waals surface area (Å²) in [4.78, 5) is 36.7. The Morgan fingerprint density at radius 3 is 2.56 bits per heavy atom. The molecule has 1 fully saturated rings. The summed E-state index contributed by atoms with van der Waals surface area (Å²) in [6.45, 7) is 4.63. The zero-order valence-corrected chi connectivity index (χ0v) is 18.8. The first-order valence-electron chi connectivity index (χ1n) is 11.1. The predicted molar refractivity (Wildman–Crippen MR) is 132 cm³/mol. The van der Waals surface area contributed by atoms with Crippen LogP contribution in [0.5, 0.6) is 0 Å². The summed E-state index contributed by atoms with van der Waals surface area (Å²) in [6, 6.07) is 17.4. The minimum atomic E-state index is -0.483. The number of carbonyl (C=O) groups excluding carboxylic acids is 2. The molecule has 2 aromatic heterocycles. The van der Waals surface area contributed by atoms with E-state index in [0.717, 1.165) is 48.5 Å². The fourth-order valence-corrected chi connectivity index (χ4v) is 4.30. The van der Waals surface area contributed by atoms with Gasteiger partial charge in [-0.3, -0.25) is 9.59 Å². The Balaban J connectivity index is 1.39. The van der Waals surface area contributed by atoms with Crippen molar-refractivity contribution in [1.29, 1.82) is 0 Å². The molecule has 0 saturated carbocycles. The van der Waals surface area contributed by atoms with Gasteiger partial charge >= 0.3 is 0 Å². The molecule has 0 radical (unpaired) electrons. The van der Waals surface area contributed by atoms with Crippen molar-refractivity contribution in [3.05, 3.63) is 72.6 Å². The Hall–Kier alpha value is -4.40. The molecule has 0 spiro atoms. The summed E-state index contributed by atoms with van der Waals surface area (Å²) in [5.41, 5.74) is 8.80. The second kappa shape index (κ2) is 8.86. The molecule has 9 heteroatoms. The summed E-state index contributed by atoms with van der Waals surface area (Å²) in [5, 5.41) is 4.06. The van der Waals surface area contributed by atoms with Crippen molar-refractivity contribution in [3.63, 3.8) is 0 Å². The molecule has 0 unspecified atom stereocenters. The van der Waals surface area contributed by atoms with Crippen LogP contribution < -0.4 is 16.0 Å². The van der Waals surface area contributed by atoms with Crippen molar-refractivity contribution in [3.8, 4) is 5.82 Å². The minimum Gasteiger partial charge on any atom is -0.368 e. The number of hydrogen-bond donors (Lipinski definition) is 2. The van der Waals surface area contributed by atoms with Gasteiger partial charge in [-0.2, -0.15) is 4.98 Å². The van der Waals surface area contributed by atoms with Crippen LogP contribution in [0.25, 0.3) is 16.7 Å². The second-order valence-electron chi connectivity index (χ2n) is 8.20. The van der Waals surface area contributed by atoms with Crippen molar-refractivity contribution in [2.45, 2.75) is 6.92 Å². The molecule has 0 bridgehead atoms. The van der Waals surface area contributed by atoms with Crippen LogP contribution in [-0.2, 0) is 4.79 Å². The van der Waals surface area contributed by atoms with Crippen molar-refractivity contribution >= 4 is 40.0 Å². The fraction of sp³-hybridized carbons (Fsp3) is 0.200. The fourth-order valence-electron chi connectivity index (χ4n) is 4.30. The third-order valence-electron chi connectivity index (χ3n) is 6.06. The number of nitrogens with zero attached hydrogens (tertiary/aromatic N) is 5. The third-order valence-corrected chi connectivity index (χ3v) is 6.06. The molecule has 0 aliphatic carbocycles. The normalized spacial score (nSPS) is 13.8. The number of nitrogens with two attached hydrogens (primary N) is 1. The molecule has 3 N–H and O–H groups in total. The van der Waals surface area contributed by atoms with Gasteiger partial charge in [-0.25, -0.2) is 4.98 Å². The van der Waals surface area contributed by atoms with E-state index >= 15 is 0 Å². The Labute approximate surface area is 196 Å². The van der Waals surface area contributed by atoms with Crippen LogP contribution >= 0.6 is 0 Å². The van der Waals surface area contributed by atoms with Crippen LogP contribution in [0, 0.1) is 0 Å². The summed E-state index contributed by atoms with van der Waals surface area (Å²) in [6.07, 6.45) is 3.38. The standard InChI is InChI=1S/C25H25N7O2/c1-17(33)30-11-13-31(14-12-30)19-6-4-5-18(15-19)28-25-27-10-9-23(29-25)32-16-21(24(26)34)20-7-2-3-8-22(20)32/h2-10,15-16H,11-14H2,1H3,(H2,26,34)(H,27,28,29). The van der Waals surface area contributed by atoms with Gasteiger partial charge in [-0.05, 0) is 30.3 Å². The van der Waals surface area contributed by atoms with Crippen molar-refractivity contribution < 1.29 is 9.59 Å². The number of primary amides is 1. The number of piperazine rings is 1. The summed E-state index contributed by atoms with van der Waals surface area (Å²) < 4.78 is 1.84. The van der Waals surface area contributed by atoms with Crippen molar-refractivity contribution in [2.24, 2.45) is 5.73 Å². The lowest BCUT2D eigenvalue weighted by Gasteiger charge is -2.35. The van der Waals surface area contributed by atoms with Crippen LogP contribution in [-0.4, -0.2) is 57.4 Å². The van der Waals surface area contributed by atoms with Gasteiger partial charge in [0, 0.05) is 62.3 Å². The molecule has 9 nitrogen and oxygen atoms in total. The maximum atomic E-state index is 11.9. The number of nitrogens with one attached hydrogen (secondary N) is 1.